The Bertz CT molecular complexity index is 698. The highest BCUT2D eigenvalue weighted by Crippen LogP contribution is 2.25. The maximum atomic E-state index is 9.38. The minimum absolute atomic E-state index is 0.280. The van der Waals surface area contributed by atoms with Crippen molar-refractivity contribution in [3.8, 4) is 11.4 Å². The predicted octanol–water partition coefficient (Wildman–Crippen LogP) is 2.84. The van der Waals surface area contributed by atoms with Gasteiger partial charge in [-0.25, -0.2) is 0 Å². The van der Waals surface area contributed by atoms with E-state index in [1.165, 1.54) is 10.9 Å². The third-order valence-electron chi connectivity index (χ3n) is 3.34. The van der Waals surface area contributed by atoms with Crippen LogP contribution in [0.4, 0.5) is 0 Å². The van der Waals surface area contributed by atoms with Crippen LogP contribution in [0.15, 0.2) is 54.7 Å². The summed E-state index contributed by atoms with van der Waals surface area (Å²) in [4.78, 5) is 0. The second-order valence-corrected chi connectivity index (χ2v) is 4.60. The molecule has 1 heterocycles. The fourth-order valence-electron chi connectivity index (χ4n) is 2.43. The average Bonchev–Trinajstić information content (AvgIpc) is 2.80. The van der Waals surface area contributed by atoms with Gasteiger partial charge >= 0.3 is 0 Å². The van der Waals surface area contributed by atoms with E-state index in [9.17, 15) is 5.11 Å². The van der Waals surface area contributed by atoms with Crippen LogP contribution in [0.2, 0.25) is 0 Å². The summed E-state index contributed by atoms with van der Waals surface area (Å²) in [6, 6.07) is 15.5. The smallest absolute Gasteiger partial charge is 0.115 e. The molecule has 0 saturated heterocycles. The fraction of sp³-hybridized carbons (Fsp3) is 0.125. The highest BCUT2D eigenvalue weighted by Gasteiger charge is 2.08. The highest BCUT2D eigenvalue weighted by molar-refractivity contribution is 5.85. The normalized spacial score (nSPS) is 11.0. The first kappa shape index (κ1) is 11.8. The van der Waals surface area contributed by atoms with Crippen LogP contribution in [-0.2, 0) is 6.42 Å². The van der Waals surface area contributed by atoms with E-state index in [0.717, 1.165) is 17.6 Å². The maximum Gasteiger partial charge on any atom is 0.115 e. The Hall–Kier alpha value is -2.26. The van der Waals surface area contributed by atoms with E-state index in [0.29, 0.717) is 6.54 Å². The molecule has 0 amide bonds. The topological polar surface area (TPSA) is 51.2 Å². The van der Waals surface area contributed by atoms with Crippen LogP contribution < -0.4 is 5.73 Å². The van der Waals surface area contributed by atoms with Gasteiger partial charge in [-0.2, -0.15) is 0 Å². The molecule has 0 bridgehead atoms. The van der Waals surface area contributed by atoms with Crippen LogP contribution in [0, 0.1) is 0 Å². The zero-order valence-electron chi connectivity index (χ0n) is 10.6. The molecule has 0 aliphatic carbocycles. The largest absolute Gasteiger partial charge is 0.508 e. The van der Waals surface area contributed by atoms with Crippen LogP contribution in [0.5, 0.6) is 5.75 Å². The second kappa shape index (κ2) is 4.78. The number of fused-ring (bicyclic) bond motifs is 1. The van der Waals surface area contributed by atoms with Gasteiger partial charge in [0.2, 0.25) is 0 Å². The Morgan fingerprint density at radius 2 is 1.74 bits per heavy atom. The van der Waals surface area contributed by atoms with Crippen molar-refractivity contribution in [2.24, 2.45) is 5.73 Å². The molecule has 96 valence electrons. The summed E-state index contributed by atoms with van der Waals surface area (Å²) in [7, 11) is 0. The van der Waals surface area contributed by atoms with Crippen molar-refractivity contribution in [2.75, 3.05) is 6.54 Å². The number of phenols is 1. The SMILES string of the molecule is NCCc1cn(-c2ccc(O)cc2)c2ccccc12. The average molecular weight is 252 g/mol. The van der Waals surface area contributed by atoms with Crippen molar-refractivity contribution in [2.45, 2.75) is 6.42 Å². The van der Waals surface area contributed by atoms with Crippen molar-refractivity contribution in [1.29, 1.82) is 0 Å². The van der Waals surface area contributed by atoms with E-state index in [4.69, 9.17) is 5.73 Å². The fourth-order valence-corrected chi connectivity index (χ4v) is 2.43. The van der Waals surface area contributed by atoms with Gasteiger partial charge in [0.25, 0.3) is 0 Å². The number of benzene rings is 2. The minimum atomic E-state index is 0.280. The van der Waals surface area contributed by atoms with Gasteiger partial charge in [-0.1, -0.05) is 18.2 Å². The van der Waals surface area contributed by atoms with Crippen LogP contribution in [0.3, 0.4) is 0 Å². The van der Waals surface area contributed by atoms with Gasteiger partial charge in [-0.15, -0.1) is 0 Å². The Balaban J connectivity index is 2.20. The Morgan fingerprint density at radius 1 is 1.00 bits per heavy atom. The van der Waals surface area contributed by atoms with Gasteiger partial charge in [-0.05, 0) is 48.9 Å². The summed E-state index contributed by atoms with van der Waals surface area (Å²) >= 11 is 0. The first-order valence-electron chi connectivity index (χ1n) is 6.38. The number of hydrogen-bond acceptors (Lipinski definition) is 2. The summed E-state index contributed by atoms with van der Waals surface area (Å²) in [5, 5.41) is 10.6. The first-order valence-corrected chi connectivity index (χ1v) is 6.38. The molecule has 3 rings (SSSR count). The monoisotopic (exact) mass is 252 g/mol. The molecule has 0 saturated carbocycles. The molecular weight excluding hydrogens is 236 g/mol. The molecule has 0 aliphatic heterocycles. The number of hydrogen-bond donors (Lipinski definition) is 2. The van der Waals surface area contributed by atoms with Gasteiger partial charge in [0.15, 0.2) is 0 Å². The van der Waals surface area contributed by atoms with Gasteiger partial charge in [0, 0.05) is 17.3 Å². The van der Waals surface area contributed by atoms with Crippen molar-refractivity contribution in [3.05, 3.63) is 60.3 Å². The quantitative estimate of drug-likeness (QED) is 0.753. The Kier molecular flexibility index (Phi) is 2.97. The number of aromatic nitrogens is 1. The van der Waals surface area contributed by atoms with Crippen molar-refractivity contribution in [3.63, 3.8) is 0 Å². The van der Waals surface area contributed by atoms with Gasteiger partial charge in [-0.3, -0.25) is 0 Å². The van der Waals surface area contributed by atoms with E-state index in [1.807, 2.05) is 24.3 Å². The van der Waals surface area contributed by atoms with Gasteiger partial charge in [0.05, 0.1) is 5.52 Å². The standard InChI is InChI=1S/C16H16N2O/c17-10-9-12-11-18(13-5-7-14(19)8-6-13)16-4-2-1-3-15(12)16/h1-8,11,19H,9-10,17H2. The number of rotatable bonds is 3. The number of nitrogens with two attached hydrogens (primary N) is 1. The van der Waals surface area contributed by atoms with Gasteiger partial charge in [0.1, 0.15) is 5.75 Å². The lowest BCUT2D eigenvalue weighted by atomic mass is 10.1. The summed E-state index contributed by atoms with van der Waals surface area (Å²) in [6.45, 7) is 0.642. The Labute approximate surface area is 111 Å². The summed E-state index contributed by atoms with van der Waals surface area (Å²) in [5.41, 5.74) is 9.14. The van der Waals surface area contributed by atoms with Crippen LogP contribution in [-0.4, -0.2) is 16.2 Å². The van der Waals surface area contributed by atoms with E-state index >= 15 is 0 Å². The lowest BCUT2D eigenvalue weighted by Gasteiger charge is -2.05. The zero-order valence-corrected chi connectivity index (χ0v) is 10.6. The maximum absolute atomic E-state index is 9.38. The molecule has 0 fully saturated rings. The van der Waals surface area contributed by atoms with E-state index < -0.39 is 0 Å². The molecule has 0 radical (unpaired) electrons. The van der Waals surface area contributed by atoms with Crippen LogP contribution in [0.25, 0.3) is 16.6 Å². The molecule has 0 aliphatic rings. The van der Waals surface area contributed by atoms with E-state index in [1.54, 1.807) is 12.1 Å². The number of para-hydroxylation sites is 1. The molecule has 0 spiro atoms. The molecular formula is C16H16N2O. The second-order valence-electron chi connectivity index (χ2n) is 4.60. The molecule has 3 heteroatoms. The van der Waals surface area contributed by atoms with Crippen LogP contribution >= 0.6 is 0 Å². The highest BCUT2D eigenvalue weighted by atomic mass is 16.3. The van der Waals surface area contributed by atoms with Crippen LogP contribution in [0.1, 0.15) is 5.56 Å². The lowest BCUT2D eigenvalue weighted by Crippen LogP contribution is -2.02. The number of aromatic hydroxyl groups is 1. The molecule has 3 N–H and O–H groups in total. The third-order valence-corrected chi connectivity index (χ3v) is 3.34. The van der Waals surface area contributed by atoms with Gasteiger partial charge < -0.3 is 15.4 Å². The summed E-state index contributed by atoms with van der Waals surface area (Å²) in [5.74, 6) is 0.280. The predicted molar refractivity (Wildman–Crippen MR) is 77.7 cm³/mol. The summed E-state index contributed by atoms with van der Waals surface area (Å²) in [6.07, 6.45) is 3.00. The zero-order chi connectivity index (χ0) is 13.2. The number of phenolic OH excluding ortho intramolecular Hbond substituents is 1. The number of nitrogens with zero attached hydrogens (tertiary/aromatic N) is 1. The molecule has 0 unspecified atom stereocenters. The van der Waals surface area contributed by atoms with Crippen molar-refractivity contribution < 1.29 is 5.11 Å². The molecule has 2 aromatic carbocycles. The molecule has 1 aromatic heterocycles. The van der Waals surface area contributed by atoms with E-state index in [-0.39, 0.29) is 5.75 Å². The van der Waals surface area contributed by atoms with E-state index in [2.05, 4.69) is 22.9 Å². The molecule has 3 aromatic rings. The first-order chi connectivity index (χ1) is 9.29. The Morgan fingerprint density at radius 3 is 2.47 bits per heavy atom. The van der Waals surface area contributed by atoms with Crippen molar-refractivity contribution >= 4 is 10.9 Å². The molecule has 3 nitrogen and oxygen atoms in total. The lowest BCUT2D eigenvalue weighted by molar-refractivity contribution is 0.475. The third kappa shape index (κ3) is 2.09. The molecule has 0 atom stereocenters. The summed E-state index contributed by atoms with van der Waals surface area (Å²) < 4.78 is 2.14. The molecule has 19 heavy (non-hydrogen) atoms. The minimum Gasteiger partial charge on any atom is -0.508 e. The van der Waals surface area contributed by atoms with Crippen molar-refractivity contribution in [1.82, 2.24) is 4.57 Å².